The van der Waals surface area contributed by atoms with E-state index < -0.39 is 10.0 Å². The van der Waals surface area contributed by atoms with Gasteiger partial charge in [0.1, 0.15) is 0 Å². The molecule has 0 amide bonds. The standard InChI is InChI=1S/C20H30N4O2S2/c1-5-22-19(24-15-20(2,3)18-10-7-11-27-18)23-13-16-8-6-9-17(12-16)14-28(25,26)21-4/h6-12,21H,5,13-15H2,1-4H3,(H2,22,23,24). The van der Waals surface area contributed by atoms with Crippen LogP contribution < -0.4 is 15.4 Å². The van der Waals surface area contributed by atoms with Crippen molar-refractivity contribution < 1.29 is 8.42 Å². The van der Waals surface area contributed by atoms with Crippen molar-refractivity contribution in [1.82, 2.24) is 15.4 Å². The molecule has 28 heavy (non-hydrogen) atoms. The Bertz CT molecular complexity index is 875. The number of aliphatic imine (C=N–C) groups is 1. The highest BCUT2D eigenvalue weighted by atomic mass is 32.2. The van der Waals surface area contributed by atoms with Crippen LogP contribution >= 0.6 is 11.3 Å². The molecule has 1 aromatic carbocycles. The van der Waals surface area contributed by atoms with E-state index in [0.29, 0.717) is 6.54 Å². The fraction of sp³-hybridized carbons (Fsp3) is 0.450. The van der Waals surface area contributed by atoms with Gasteiger partial charge in [0.15, 0.2) is 5.96 Å². The topological polar surface area (TPSA) is 82.6 Å². The molecule has 0 spiro atoms. The summed E-state index contributed by atoms with van der Waals surface area (Å²) < 4.78 is 25.8. The van der Waals surface area contributed by atoms with Crippen LogP contribution in [0.1, 0.15) is 36.8 Å². The molecule has 6 nitrogen and oxygen atoms in total. The summed E-state index contributed by atoms with van der Waals surface area (Å²) in [6.07, 6.45) is 0. The van der Waals surface area contributed by atoms with Gasteiger partial charge in [-0.05, 0) is 36.5 Å². The molecular formula is C20H30N4O2S2. The third-order valence-corrected chi connectivity index (χ3v) is 6.88. The molecule has 2 aromatic rings. The Hall–Kier alpha value is -1.90. The van der Waals surface area contributed by atoms with Crippen molar-refractivity contribution >= 4 is 27.3 Å². The third-order valence-electron chi connectivity index (χ3n) is 4.31. The predicted molar refractivity (Wildman–Crippen MR) is 118 cm³/mol. The highest BCUT2D eigenvalue weighted by Crippen LogP contribution is 2.26. The molecule has 0 saturated carbocycles. The Kier molecular flexibility index (Phi) is 8.03. The van der Waals surface area contributed by atoms with Gasteiger partial charge in [-0.15, -0.1) is 11.3 Å². The number of rotatable bonds is 9. The van der Waals surface area contributed by atoms with Crippen LogP contribution in [0.4, 0.5) is 0 Å². The molecule has 0 saturated heterocycles. The lowest BCUT2D eigenvalue weighted by atomic mass is 9.91. The lowest BCUT2D eigenvalue weighted by molar-refractivity contribution is 0.518. The molecule has 0 radical (unpaired) electrons. The van der Waals surface area contributed by atoms with Gasteiger partial charge in [0.2, 0.25) is 10.0 Å². The lowest BCUT2D eigenvalue weighted by Crippen LogP contribution is -2.43. The van der Waals surface area contributed by atoms with E-state index in [1.165, 1.54) is 11.9 Å². The number of nitrogens with one attached hydrogen (secondary N) is 3. The maximum absolute atomic E-state index is 11.8. The van der Waals surface area contributed by atoms with Gasteiger partial charge < -0.3 is 10.6 Å². The van der Waals surface area contributed by atoms with Crippen molar-refractivity contribution in [3.63, 3.8) is 0 Å². The molecule has 0 unspecified atom stereocenters. The molecule has 0 aliphatic carbocycles. The molecule has 0 atom stereocenters. The van der Waals surface area contributed by atoms with E-state index in [9.17, 15) is 8.42 Å². The summed E-state index contributed by atoms with van der Waals surface area (Å²) in [6, 6.07) is 11.7. The van der Waals surface area contributed by atoms with E-state index in [1.807, 2.05) is 31.2 Å². The first-order chi connectivity index (χ1) is 13.3. The maximum atomic E-state index is 11.8. The second-order valence-electron chi connectivity index (χ2n) is 7.19. The Morgan fingerprint density at radius 3 is 2.54 bits per heavy atom. The molecule has 1 heterocycles. The fourth-order valence-corrected chi connectivity index (χ4v) is 4.29. The lowest BCUT2D eigenvalue weighted by Gasteiger charge is -2.25. The molecule has 154 valence electrons. The number of benzene rings is 1. The summed E-state index contributed by atoms with van der Waals surface area (Å²) in [6.45, 7) is 8.46. The minimum Gasteiger partial charge on any atom is -0.357 e. The Balaban J connectivity index is 2.04. The van der Waals surface area contributed by atoms with Gasteiger partial charge in [-0.2, -0.15) is 0 Å². The summed E-state index contributed by atoms with van der Waals surface area (Å²) >= 11 is 1.76. The van der Waals surface area contributed by atoms with E-state index in [4.69, 9.17) is 0 Å². The largest absolute Gasteiger partial charge is 0.357 e. The van der Waals surface area contributed by atoms with Crippen molar-refractivity contribution in [1.29, 1.82) is 0 Å². The van der Waals surface area contributed by atoms with Crippen LogP contribution in [0.3, 0.4) is 0 Å². The Morgan fingerprint density at radius 1 is 1.14 bits per heavy atom. The summed E-state index contributed by atoms with van der Waals surface area (Å²) in [7, 11) is -1.86. The molecule has 0 bridgehead atoms. The van der Waals surface area contributed by atoms with E-state index >= 15 is 0 Å². The van der Waals surface area contributed by atoms with Crippen LogP contribution in [0.5, 0.6) is 0 Å². The van der Waals surface area contributed by atoms with Gasteiger partial charge >= 0.3 is 0 Å². The zero-order chi connectivity index (χ0) is 20.6. The van der Waals surface area contributed by atoms with Crippen molar-refractivity contribution in [2.75, 3.05) is 20.1 Å². The van der Waals surface area contributed by atoms with Gasteiger partial charge in [0, 0.05) is 23.4 Å². The van der Waals surface area contributed by atoms with Crippen LogP contribution in [-0.4, -0.2) is 34.5 Å². The molecule has 8 heteroatoms. The molecule has 0 aliphatic heterocycles. The van der Waals surface area contributed by atoms with Gasteiger partial charge in [0.05, 0.1) is 12.3 Å². The van der Waals surface area contributed by atoms with Crippen molar-refractivity contribution in [3.05, 3.63) is 57.8 Å². The Morgan fingerprint density at radius 2 is 1.89 bits per heavy atom. The average molecular weight is 423 g/mol. The average Bonchev–Trinajstić information content (AvgIpc) is 3.20. The normalized spacial score (nSPS) is 12.8. The van der Waals surface area contributed by atoms with Crippen molar-refractivity contribution in [3.8, 4) is 0 Å². The van der Waals surface area contributed by atoms with E-state index in [0.717, 1.165) is 30.2 Å². The van der Waals surface area contributed by atoms with E-state index in [1.54, 1.807) is 11.3 Å². The monoisotopic (exact) mass is 422 g/mol. The minimum atomic E-state index is -3.29. The number of nitrogens with zero attached hydrogens (tertiary/aromatic N) is 1. The SMILES string of the molecule is CCNC(=NCc1cccc(CS(=O)(=O)NC)c1)NCC(C)(C)c1cccs1. The zero-order valence-electron chi connectivity index (χ0n) is 17.0. The van der Waals surface area contributed by atoms with E-state index in [2.05, 4.69) is 51.7 Å². The molecular weight excluding hydrogens is 392 g/mol. The third kappa shape index (κ3) is 6.92. The first kappa shape index (κ1) is 22.4. The highest BCUT2D eigenvalue weighted by molar-refractivity contribution is 7.88. The Labute approximate surface area is 172 Å². The summed E-state index contributed by atoms with van der Waals surface area (Å²) in [5, 5.41) is 8.79. The first-order valence-electron chi connectivity index (χ1n) is 9.31. The molecule has 2 rings (SSSR count). The van der Waals surface area contributed by atoms with Gasteiger partial charge in [-0.3, -0.25) is 0 Å². The van der Waals surface area contributed by atoms with Gasteiger partial charge in [-0.1, -0.05) is 44.2 Å². The second-order valence-corrected chi connectivity index (χ2v) is 10.1. The smallest absolute Gasteiger partial charge is 0.215 e. The number of thiophene rings is 1. The minimum absolute atomic E-state index is 0.00574. The van der Waals surface area contributed by atoms with Gasteiger partial charge in [-0.25, -0.2) is 18.1 Å². The molecule has 1 aromatic heterocycles. The highest BCUT2D eigenvalue weighted by Gasteiger charge is 2.21. The maximum Gasteiger partial charge on any atom is 0.215 e. The first-order valence-corrected chi connectivity index (χ1v) is 11.8. The molecule has 3 N–H and O–H groups in total. The van der Waals surface area contributed by atoms with Crippen LogP contribution in [0, 0.1) is 0 Å². The quantitative estimate of drug-likeness (QED) is 0.429. The number of sulfonamides is 1. The fourth-order valence-electron chi connectivity index (χ4n) is 2.68. The molecule has 0 fully saturated rings. The zero-order valence-corrected chi connectivity index (χ0v) is 18.6. The van der Waals surface area contributed by atoms with Crippen LogP contribution in [0.2, 0.25) is 0 Å². The van der Waals surface area contributed by atoms with Gasteiger partial charge in [0.25, 0.3) is 0 Å². The summed E-state index contributed by atoms with van der Waals surface area (Å²) in [5.74, 6) is 0.717. The van der Waals surface area contributed by atoms with Crippen LogP contribution in [0.15, 0.2) is 46.8 Å². The van der Waals surface area contributed by atoms with Crippen molar-refractivity contribution in [2.24, 2.45) is 4.99 Å². The number of guanidine groups is 1. The second kappa shape index (κ2) is 10.0. The van der Waals surface area contributed by atoms with E-state index in [-0.39, 0.29) is 11.2 Å². The number of hydrogen-bond acceptors (Lipinski definition) is 4. The van der Waals surface area contributed by atoms with Crippen LogP contribution in [0.25, 0.3) is 0 Å². The van der Waals surface area contributed by atoms with Crippen LogP contribution in [-0.2, 0) is 27.7 Å². The summed E-state index contributed by atoms with van der Waals surface area (Å²) in [4.78, 5) is 5.99. The summed E-state index contributed by atoms with van der Waals surface area (Å²) in [5.41, 5.74) is 1.73. The molecule has 0 aliphatic rings. The number of hydrogen-bond donors (Lipinski definition) is 3. The van der Waals surface area contributed by atoms with Crippen molar-refractivity contribution in [2.45, 2.75) is 38.5 Å². The predicted octanol–water partition coefficient (Wildman–Crippen LogP) is 2.83.